The van der Waals surface area contributed by atoms with Crippen LogP contribution in [-0.2, 0) is 4.79 Å². The van der Waals surface area contributed by atoms with Crippen molar-refractivity contribution >= 4 is 5.97 Å². The summed E-state index contributed by atoms with van der Waals surface area (Å²) in [7, 11) is 0. The molecule has 1 N–H and O–H groups in total. The molecule has 0 spiro atoms. The molecule has 0 rings (SSSR count). The lowest BCUT2D eigenvalue weighted by molar-refractivity contribution is -0.305. The van der Waals surface area contributed by atoms with Crippen molar-refractivity contribution in [2.45, 2.75) is 70.8 Å². The molecule has 0 aromatic carbocycles. The number of carboxylic acid groups (broad SMARTS) is 1. The summed E-state index contributed by atoms with van der Waals surface area (Å²) in [6.45, 7) is 2.18. The van der Waals surface area contributed by atoms with Gasteiger partial charge < -0.3 is 15.0 Å². The zero-order valence-electron chi connectivity index (χ0n) is 14.3. The fourth-order valence-corrected chi connectivity index (χ4v) is 1.96. The van der Waals surface area contributed by atoms with E-state index in [1.807, 2.05) is 30.4 Å². The molecule has 23 heavy (non-hydrogen) atoms. The van der Waals surface area contributed by atoms with Gasteiger partial charge in [0.1, 0.15) is 0 Å². The highest BCUT2D eigenvalue weighted by Crippen LogP contribution is 2.01. The van der Waals surface area contributed by atoms with Crippen LogP contribution in [0.25, 0.3) is 0 Å². The summed E-state index contributed by atoms with van der Waals surface area (Å²) in [5.74, 6) is -0.983. The molecule has 0 radical (unpaired) electrons. The molecule has 0 aromatic heterocycles. The van der Waals surface area contributed by atoms with Crippen LogP contribution in [0, 0.1) is 0 Å². The Kier molecular flexibility index (Phi) is 15.6. The molecule has 0 heterocycles. The largest absolute Gasteiger partial charge is 0.550 e. The first kappa shape index (κ1) is 21.4. The number of aliphatic hydroxyl groups is 1. The summed E-state index contributed by atoms with van der Waals surface area (Å²) in [4.78, 5) is 10.2. The van der Waals surface area contributed by atoms with E-state index in [2.05, 4.69) is 19.1 Å². The van der Waals surface area contributed by atoms with E-state index in [4.69, 9.17) is 0 Å². The van der Waals surface area contributed by atoms with Crippen LogP contribution in [0.5, 0.6) is 0 Å². The molecule has 1 atom stereocenters. The smallest absolute Gasteiger partial charge is 0.0902 e. The summed E-state index contributed by atoms with van der Waals surface area (Å²) in [6, 6.07) is 0. The number of carbonyl (C=O) groups is 1. The molecule has 0 saturated heterocycles. The Bertz CT molecular complexity index is 392. The minimum absolute atomic E-state index is 0.125. The van der Waals surface area contributed by atoms with Crippen molar-refractivity contribution < 1.29 is 15.0 Å². The van der Waals surface area contributed by atoms with Crippen molar-refractivity contribution in [1.29, 1.82) is 0 Å². The van der Waals surface area contributed by atoms with E-state index in [0.29, 0.717) is 6.42 Å². The molecule has 0 fully saturated rings. The predicted octanol–water partition coefficient (Wildman–Crippen LogP) is 3.85. The predicted molar refractivity (Wildman–Crippen MR) is 94.8 cm³/mol. The molecule has 0 amide bonds. The minimum atomic E-state index is -0.983. The first-order valence-corrected chi connectivity index (χ1v) is 8.68. The zero-order chi connectivity index (χ0) is 17.2. The van der Waals surface area contributed by atoms with E-state index in [-0.39, 0.29) is 6.42 Å². The topological polar surface area (TPSA) is 60.4 Å². The maximum atomic E-state index is 10.2. The average molecular weight is 319 g/mol. The fourth-order valence-electron chi connectivity index (χ4n) is 1.96. The van der Waals surface area contributed by atoms with Gasteiger partial charge in [-0.25, -0.2) is 0 Å². The van der Waals surface area contributed by atoms with Crippen LogP contribution in [0.1, 0.15) is 64.7 Å². The van der Waals surface area contributed by atoms with Crippen molar-refractivity contribution in [3.05, 3.63) is 48.6 Å². The quantitative estimate of drug-likeness (QED) is 0.391. The Morgan fingerprint density at radius 1 is 0.913 bits per heavy atom. The second-order valence-corrected chi connectivity index (χ2v) is 5.52. The minimum Gasteiger partial charge on any atom is -0.550 e. The van der Waals surface area contributed by atoms with Crippen molar-refractivity contribution in [3.63, 3.8) is 0 Å². The molecule has 0 aliphatic carbocycles. The third-order valence-corrected chi connectivity index (χ3v) is 3.27. The van der Waals surface area contributed by atoms with Gasteiger partial charge in [-0.2, -0.15) is 0 Å². The maximum absolute atomic E-state index is 10.2. The first-order chi connectivity index (χ1) is 11.2. The molecule has 0 aliphatic rings. The molecule has 0 bridgehead atoms. The summed E-state index contributed by atoms with van der Waals surface area (Å²) >= 11 is 0. The molecule has 0 aromatic rings. The van der Waals surface area contributed by atoms with Gasteiger partial charge in [-0.15, -0.1) is 0 Å². The Labute approximate surface area is 141 Å². The molecule has 130 valence electrons. The molecular weight excluding hydrogens is 288 g/mol. The van der Waals surface area contributed by atoms with Crippen LogP contribution in [0.3, 0.4) is 0 Å². The van der Waals surface area contributed by atoms with Gasteiger partial charge in [-0.05, 0) is 44.9 Å². The Morgan fingerprint density at radius 2 is 1.52 bits per heavy atom. The van der Waals surface area contributed by atoms with Crippen molar-refractivity contribution in [2.24, 2.45) is 0 Å². The second-order valence-electron chi connectivity index (χ2n) is 5.52. The van der Waals surface area contributed by atoms with E-state index >= 15 is 0 Å². The van der Waals surface area contributed by atoms with E-state index in [1.165, 1.54) is 19.3 Å². The maximum Gasteiger partial charge on any atom is 0.0902 e. The highest BCUT2D eigenvalue weighted by Gasteiger charge is 1.90. The number of carbonyl (C=O) groups excluding carboxylic acids is 1. The monoisotopic (exact) mass is 319 g/mol. The van der Waals surface area contributed by atoms with Crippen molar-refractivity contribution in [1.82, 2.24) is 0 Å². The lowest BCUT2D eigenvalue weighted by Gasteiger charge is -1.97. The first-order valence-electron chi connectivity index (χ1n) is 8.68. The van der Waals surface area contributed by atoms with E-state index < -0.39 is 12.1 Å². The van der Waals surface area contributed by atoms with Crippen LogP contribution in [-0.4, -0.2) is 17.2 Å². The van der Waals surface area contributed by atoms with E-state index in [0.717, 1.165) is 25.7 Å². The summed E-state index contributed by atoms with van der Waals surface area (Å²) < 4.78 is 0. The highest BCUT2D eigenvalue weighted by molar-refractivity contribution is 5.64. The normalized spacial score (nSPS) is 13.8. The van der Waals surface area contributed by atoms with Gasteiger partial charge in [0, 0.05) is 5.97 Å². The molecule has 3 heteroatoms. The third-order valence-electron chi connectivity index (χ3n) is 3.27. The van der Waals surface area contributed by atoms with Gasteiger partial charge in [0.25, 0.3) is 0 Å². The van der Waals surface area contributed by atoms with Crippen LogP contribution in [0.15, 0.2) is 48.6 Å². The molecule has 3 nitrogen and oxygen atoms in total. The van der Waals surface area contributed by atoms with Gasteiger partial charge in [-0.1, -0.05) is 68.4 Å². The number of aliphatic hydroxyl groups excluding tert-OH is 1. The Hall–Kier alpha value is -1.61. The lowest BCUT2D eigenvalue weighted by Crippen LogP contribution is -2.21. The van der Waals surface area contributed by atoms with Gasteiger partial charge in [-0.3, -0.25) is 0 Å². The SMILES string of the molecule is CCCCC/C=C\[C@H](O)/C=C\C/C=C\C/C=C\CCCC(=O)[O-]. The fraction of sp³-hybridized carbons (Fsp3) is 0.550. The zero-order valence-corrected chi connectivity index (χ0v) is 14.3. The molecule has 0 unspecified atom stereocenters. The van der Waals surface area contributed by atoms with Gasteiger partial charge in [0.05, 0.1) is 6.10 Å². The van der Waals surface area contributed by atoms with Crippen molar-refractivity contribution in [3.8, 4) is 0 Å². The van der Waals surface area contributed by atoms with Crippen LogP contribution in [0.2, 0.25) is 0 Å². The summed E-state index contributed by atoms with van der Waals surface area (Å²) in [6.07, 6.45) is 23.2. The molecule has 0 aliphatic heterocycles. The Balaban J connectivity index is 3.60. The van der Waals surface area contributed by atoms with Gasteiger partial charge >= 0.3 is 0 Å². The van der Waals surface area contributed by atoms with E-state index in [1.54, 1.807) is 6.08 Å². The number of allylic oxidation sites excluding steroid dienone is 6. The standard InChI is InChI=1S/C20H32O3/c1-2-3-4-10-13-16-19(21)17-14-11-8-6-5-7-9-12-15-18-20(22)23/h6-9,13-14,16-17,19,21H,2-5,10-12,15,18H2,1H3,(H,22,23)/p-1/b8-6-,9-7-,16-13-,17-14-/t19-/m0/s1. The van der Waals surface area contributed by atoms with Gasteiger partial charge in [0.15, 0.2) is 0 Å². The number of aliphatic carboxylic acids is 1. The van der Waals surface area contributed by atoms with E-state index in [9.17, 15) is 15.0 Å². The van der Waals surface area contributed by atoms with Crippen LogP contribution >= 0.6 is 0 Å². The average Bonchev–Trinajstić information content (AvgIpc) is 2.52. The summed E-state index contributed by atoms with van der Waals surface area (Å²) in [5, 5.41) is 19.9. The van der Waals surface area contributed by atoms with Gasteiger partial charge in [0.2, 0.25) is 0 Å². The highest BCUT2D eigenvalue weighted by atomic mass is 16.4. The molecular formula is C20H31O3-. The number of rotatable bonds is 14. The lowest BCUT2D eigenvalue weighted by atomic mass is 10.2. The number of hydrogen-bond acceptors (Lipinski definition) is 3. The Morgan fingerprint density at radius 3 is 2.22 bits per heavy atom. The third kappa shape index (κ3) is 18.3. The molecule has 0 saturated carbocycles. The van der Waals surface area contributed by atoms with Crippen molar-refractivity contribution in [2.75, 3.05) is 0 Å². The van der Waals surface area contributed by atoms with Crippen LogP contribution < -0.4 is 5.11 Å². The second kappa shape index (κ2) is 16.8. The number of hydrogen-bond donors (Lipinski definition) is 1. The van der Waals surface area contributed by atoms with Crippen LogP contribution in [0.4, 0.5) is 0 Å². The summed E-state index contributed by atoms with van der Waals surface area (Å²) in [5.41, 5.74) is 0. The number of unbranched alkanes of at least 4 members (excludes halogenated alkanes) is 4. The number of carboxylic acids is 1.